The van der Waals surface area contributed by atoms with Crippen LogP contribution in [0.25, 0.3) is 11.4 Å². The normalized spacial score (nSPS) is 20.4. The molecule has 1 fully saturated rings. The maximum absolute atomic E-state index is 13.2. The van der Waals surface area contributed by atoms with Crippen LogP contribution in [0, 0.1) is 17.6 Å². The number of carbonyl (C=O) groups is 1. The van der Waals surface area contributed by atoms with Crippen LogP contribution in [-0.2, 0) is 11.3 Å². The van der Waals surface area contributed by atoms with Crippen molar-refractivity contribution >= 4 is 18.1 Å². The quantitative estimate of drug-likeness (QED) is 0.761. The molecule has 1 aliphatic carbocycles. The number of H-pyrrole nitrogens is 1. The molecule has 3 rings (SSSR count). The average molecular weight is 398 g/mol. The van der Waals surface area contributed by atoms with Gasteiger partial charge in [-0.15, -0.1) is 0 Å². The van der Waals surface area contributed by atoms with Crippen LogP contribution in [-0.4, -0.2) is 32.9 Å². The van der Waals surface area contributed by atoms with E-state index in [1.165, 1.54) is 4.57 Å². The number of nitrogens with one attached hydrogen (secondary N) is 2. The number of rotatable bonds is 4. The van der Waals surface area contributed by atoms with Gasteiger partial charge in [-0.25, -0.2) is 0 Å². The van der Waals surface area contributed by atoms with Crippen molar-refractivity contribution in [2.75, 3.05) is 0 Å². The second-order valence-corrected chi connectivity index (χ2v) is 7.30. The number of nitrogens with zero attached hydrogens (tertiary/aromatic N) is 2. The van der Waals surface area contributed by atoms with E-state index in [-0.39, 0.29) is 17.7 Å². The van der Waals surface area contributed by atoms with E-state index in [2.05, 4.69) is 15.5 Å². The van der Waals surface area contributed by atoms with Crippen molar-refractivity contribution in [3.05, 3.63) is 34.6 Å². The smallest absolute Gasteiger partial charge is 0.351 e. The Labute approximate surface area is 160 Å². The summed E-state index contributed by atoms with van der Waals surface area (Å²) in [5.41, 5.74) is 1.85. The molecule has 0 radical (unpaired) electrons. The highest BCUT2D eigenvalue weighted by molar-refractivity contribution is 7.71. The summed E-state index contributed by atoms with van der Waals surface area (Å²) in [6.45, 7) is 1.77. The Morgan fingerprint density at radius 2 is 1.96 bits per heavy atom. The van der Waals surface area contributed by atoms with Gasteiger partial charge >= 0.3 is 6.18 Å². The maximum atomic E-state index is 13.2. The van der Waals surface area contributed by atoms with Gasteiger partial charge < -0.3 is 5.32 Å². The predicted octanol–water partition coefficient (Wildman–Crippen LogP) is 4.15. The van der Waals surface area contributed by atoms with Crippen LogP contribution in [0.15, 0.2) is 24.3 Å². The average Bonchev–Trinajstić information content (AvgIpc) is 2.96. The van der Waals surface area contributed by atoms with Gasteiger partial charge in [0, 0.05) is 11.6 Å². The molecule has 1 saturated carbocycles. The van der Waals surface area contributed by atoms with Crippen LogP contribution in [0.1, 0.15) is 31.2 Å². The molecule has 1 aromatic carbocycles. The first-order chi connectivity index (χ1) is 12.8. The number of hydrogen-bond acceptors (Lipinski definition) is 3. The van der Waals surface area contributed by atoms with E-state index in [0.717, 1.165) is 11.1 Å². The van der Waals surface area contributed by atoms with Gasteiger partial charge in [-0.1, -0.05) is 42.7 Å². The van der Waals surface area contributed by atoms with Gasteiger partial charge in [-0.2, -0.15) is 18.3 Å². The Balaban J connectivity index is 1.76. The lowest BCUT2D eigenvalue weighted by Gasteiger charge is -2.33. The molecule has 1 aromatic heterocycles. The first-order valence-electron chi connectivity index (χ1n) is 8.84. The third kappa shape index (κ3) is 4.58. The van der Waals surface area contributed by atoms with Gasteiger partial charge in [-0.05, 0) is 32.0 Å². The molecule has 2 aromatic rings. The van der Waals surface area contributed by atoms with E-state index in [1.54, 1.807) is 0 Å². The summed E-state index contributed by atoms with van der Waals surface area (Å²) < 4.78 is 41.4. The van der Waals surface area contributed by atoms with Gasteiger partial charge in [0.2, 0.25) is 5.91 Å². The van der Waals surface area contributed by atoms with Crippen LogP contribution in [0.5, 0.6) is 0 Å². The van der Waals surface area contributed by atoms with E-state index in [9.17, 15) is 18.0 Å². The molecule has 27 heavy (non-hydrogen) atoms. The molecule has 1 amide bonds. The molecule has 1 aliphatic rings. The highest BCUT2D eigenvalue weighted by Gasteiger charge is 2.45. The van der Waals surface area contributed by atoms with Crippen molar-refractivity contribution in [2.24, 2.45) is 5.92 Å². The number of aromatic amines is 1. The second kappa shape index (κ2) is 7.84. The van der Waals surface area contributed by atoms with E-state index >= 15 is 0 Å². The molecular formula is C18H21F3N4OS. The molecule has 2 atom stereocenters. The fraction of sp³-hybridized carbons (Fsp3) is 0.500. The molecule has 0 spiro atoms. The van der Waals surface area contributed by atoms with Crippen LogP contribution in [0.3, 0.4) is 0 Å². The summed E-state index contributed by atoms with van der Waals surface area (Å²) in [5, 5.41) is 9.36. The van der Waals surface area contributed by atoms with E-state index in [0.29, 0.717) is 25.1 Å². The number of aryl methyl sites for hydroxylation is 1. The minimum atomic E-state index is -4.31. The molecule has 0 aliphatic heterocycles. The van der Waals surface area contributed by atoms with Crippen LogP contribution >= 0.6 is 12.2 Å². The zero-order chi connectivity index (χ0) is 19.6. The van der Waals surface area contributed by atoms with E-state index in [4.69, 9.17) is 12.2 Å². The van der Waals surface area contributed by atoms with Crippen LogP contribution in [0.2, 0.25) is 0 Å². The van der Waals surface area contributed by atoms with Gasteiger partial charge in [-0.3, -0.25) is 14.5 Å². The summed E-state index contributed by atoms with van der Waals surface area (Å²) in [6.07, 6.45) is -2.72. The molecule has 1 heterocycles. The molecule has 5 nitrogen and oxygen atoms in total. The molecule has 146 valence electrons. The summed E-state index contributed by atoms with van der Waals surface area (Å²) in [6, 6.07) is 6.64. The monoisotopic (exact) mass is 398 g/mol. The molecule has 0 unspecified atom stereocenters. The number of halogens is 3. The summed E-state index contributed by atoms with van der Waals surface area (Å²) in [4.78, 5) is 12.5. The lowest BCUT2D eigenvalue weighted by Crippen LogP contribution is -2.48. The number of amides is 1. The minimum Gasteiger partial charge on any atom is -0.351 e. The Hall–Kier alpha value is -2.16. The summed E-state index contributed by atoms with van der Waals surface area (Å²) in [7, 11) is 0. The highest BCUT2D eigenvalue weighted by Crippen LogP contribution is 2.37. The number of alkyl halides is 3. The van der Waals surface area contributed by atoms with Gasteiger partial charge in [0.05, 0.1) is 5.92 Å². The first-order valence-corrected chi connectivity index (χ1v) is 9.25. The summed E-state index contributed by atoms with van der Waals surface area (Å²) in [5.74, 6) is -1.52. The topological polar surface area (TPSA) is 62.7 Å². The number of benzene rings is 1. The SMILES string of the molecule is Cc1ccc(-c2n[nH]c(=S)n2CC(=O)N[C@@H]2CCCC[C@H]2C(F)(F)F)cc1. The third-order valence-electron chi connectivity index (χ3n) is 4.90. The summed E-state index contributed by atoms with van der Waals surface area (Å²) >= 11 is 5.19. The molecule has 2 N–H and O–H groups in total. The molecular weight excluding hydrogens is 377 g/mol. The Kier molecular flexibility index (Phi) is 5.69. The van der Waals surface area contributed by atoms with Crippen LogP contribution in [0.4, 0.5) is 13.2 Å². The molecule has 9 heteroatoms. The number of aromatic nitrogens is 3. The zero-order valence-corrected chi connectivity index (χ0v) is 15.7. The van der Waals surface area contributed by atoms with Crippen molar-refractivity contribution in [2.45, 2.75) is 51.4 Å². The molecule has 0 saturated heterocycles. The highest BCUT2D eigenvalue weighted by atomic mass is 32.1. The van der Waals surface area contributed by atoms with Crippen LogP contribution < -0.4 is 5.32 Å². The van der Waals surface area contributed by atoms with Crippen molar-refractivity contribution in [1.29, 1.82) is 0 Å². The predicted molar refractivity (Wildman–Crippen MR) is 97.5 cm³/mol. The Bertz CT molecular complexity index is 857. The van der Waals surface area contributed by atoms with Crippen molar-refractivity contribution < 1.29 is 18.0 Å². The fourth-order valence-electron chi connectivity index (χ4n) is 3.48. The maximum Gasteiger partial charge on any atom is 0.393 e. The van der Waals surface area contributed by atoms with Crippen molar-refractivity contribution in [3.63, 3.8) is 0 Å². The van der Waals surface area contributed by atoms with Gasteiger partial charge in [0.25, 0.3) is 0 Å². The van der Waals surface area contributed by atoms with Crippen molar-refractivity contribution in [1.82, 2.24) is 20.1 Å². The van der Waals surface area contributed by atoms with Crippen molar-refractivity contribution in [3.8, 4) is 11.4 Å². The van der Waals surface area contributed by atoms with Gasteiger partial charge in [0.15, 0.2) is 10.6 Å². The lowest BCUT2D eigenvalue weighted by atomic mass is 9.84. The van der Waals surface area contributed by atoms with E-state index < -0.39 is 24.0 Å². The fourth-order valence-corrected chi connectivity index (χ4v) is 3.68. The van der Waals surface area contributed by atoms with Gasteiger partial charge in [0.1, 0.15) is 6.54 Å². The zero-order valence-electron chi connectivity index (χ0n) is 14.8. The number of hydrogen-bond donors (Lipinski definition) is 2. The minimum absolute atomic E-state index is 0.0498. The Morgan fingerprint density at radius 1 is 1.30 bits per heavy atom. The standard InChI is InChI=1S/C18H21F3N4OS/c1-11-6-8-12(9-7-11)16-23-24-17(27)25(16)10-15(26)22-14-5-3-2-4-13(14)18(19,20)21/h6-9,13-14H,2-5,10H2,1H3,(H,22,26)(H,24,27)/t13-,14-/m1/s1. The Morgan fingerprint density at radius 3 is 2.63 bits per heavy atom. The number of carbonyl (C=O) groups excluding carboxylic acids is 1. The lowest BCUT2D eigenvalue weighted by molar-refractivity contribution is -0.189. The molecule has 0 bridgehead atoms. The first kappa shape index (κ1) is 19.6. The third-order valence-corrected chi connectivity index (χ3v) is 5.21. The largest absolute Gasteiger partial charge is 0.393 e. The van der Waals surface area contributed by atoms with E-state index in [1.807, 2.05) is 31.2 Å². The second-order valence-electron chi connectivity index (χ2n) is 6.91.